The van der Waals surface area contributed by atoms with E-state index in [1.54, 1.807) is 0 Å². The molecule has 1 amide bonds. The molecule has 1 N–H and O–H groups in total. The molecule has 0 saturated carbocycles. The molecule has 1 aromatic rings. The molecule has 0 bridgehead atoms. The summed E-state index contributed by atoms with van der Waals surface area (Å²) in [6.07, 6.45) is 2.17. The Morgan fingerprint density at radius 1 is 1.33 bits per heavy atom. The molecule has 1 aliphatic carbocycles. The average molecular weight is 267 g/mol. The van der Waals surface area contributed by atoms with Crippen molar-refractivity contribution in [1.82, 2.24) is 10.2 Å². The van der Waals surface area contributed by atoms with Crippen LogP contribution in [0.4, 0.5) is 0 Å². The predicted octanol–water partition coefficient (Wildman–Crippen LogP) is 1.77. The highest BCUT2D eigenvalue weighted by molar-refractivity contribution is 5.85. The topological polar surface area (TPSA) is 32.3 Å². The molecule has 98 valence electrons. The fourth-order valence-electron chi connectivity index (χ4n) is 2.84. The highest BCUT2D eigenvalue weighted by Gasteiger charge is 2.33. The number of carbonyl (C=O) groups excluding carboxylic acids is 1. The molecule has 3 rings (SSSR count). The molecule has 1 aromatic carbocycles. The van der Waals surface area contributed by atoms with Crippen LogP contribution in [0.1, 0.15) is 23.6 Å². The molecule has 0 spiro atoms. The van der Waals surface area contributed by atoms with Gasteiger partial charge < -0.3 is 10.2 Å². The van der Waals surface area contributed by atoms with Gasteiger partial charge in [0.15, 0.2) is 0 Å². The zero-order valence-electron chi connectivity index (χ0n) is 10.6. The Hall–Kier alpha value is -1.06. The van der Waals surface area contributed by atoms with E-state index in [4.69, 9.17) is 0 Å². The summed E-state index contributed by atoms with van der Waals surface area (Å²) >= 11 is 0. The Morgan fingerprint density at radius 3 is 2.72 bits per heavy atom. The molecule has 1 atom stereocenters. The van der Waals surface area contributed by atoms with Gasteiger partial charge in [0, 0.05) is 20.1 Å². The van der Waals surface area contributed by atoms with Crippen molar-refractivity contribution in [2.75, 3.05) is 20.1 Å². The van der Waals surface area contributed by atoms with E-state index in [9.17, 15) is 4.79 Å². The number of hydrogen-bond acceptors (Lipinski definition) is 2. The van der Waals surface area contributed by atoms with E-state index < -0.39 is 0 Å². The van der Waals surface area contributed by atoms with Crippen LogP contribution in [0.2, 0.25) is 0 Å². The van der Waals surface area contributed by atoms with Crippen LogP contribution in [0.3, 0.4) is 0 Å². The Labute approximate surface area is 114 Å². The van der Waals surface area contributed by atoms with Crippen LogP contribution < -0.4 is 5.32 Å². The van der Waals surface area contributed by atoms with Gasteiger partial charge >= 0.3 is 0 Å². The number of halogens is 1. The van der Waals surface area contributed by atoms with Crippen LogP contribution in [0.5, 0.6) is 0 Å². The molecule has 18 heavy (non-hydrogen) atoms. The van der Waals surface area contributed by atoms with E-state index in [1.165, 1.54) is 11.1 Å². The van der Waals surface area contributed by atoms with Crippen LogP contribution >= 0.6 is 12.4 Å². The van der Waals surface area contributed by atoms with Gasteiger partial charge in [-0.2, -0.15) is 0 Å². The van der Waals surface area contributed by atoms with Gasteiger partial charge in [0.2, 0.25) is 5.91 Å². The van der Waals surface area contributed by atoms with Crippen molar-refractivity contribution in [3.63, 3.8) is 0 Å². The average Bonchev–Trinajstić information content (AvgIpc) is 2.69. The van der Waals surface area contributed by atoms with Crippen molar-refractivity contribution in [3.8, 4) is 0 Å². The minimum Gasteiger partial charge on any atom is -0.338 e. The van der Waals surface area contributed by atoms with E-state index in [-0.39, 0.29) is 18.3 Å². The zero-order chi connectivity index (χ0) is 11.8. The summed E-state index contributed by atoms with van der Waals surface area (Å²) in [4.78, 5) is 14.2. The van der Waals surface area contributed by atoms with Crippen LogP contribution in [-0.2, 0) is 11.2 Å². The minimum absolute atomic E-state index is 0. The molecule has 4 heteroatoms. The fraction of sp³-hybridized carbons (Fsp3) is 0.500. The summed E-state index contributed by atoms with van der Waals surface area (Å²) in [6, 6.07) is 8.78. The van der Waals surface area contributed by atoms with Gasteiger partial charge in [-0.1, -0.05) is 24.3 Å². The van der Waals surface area contributed by atoms with Gasteiger partial charge in [-0.05, 0) is 24.0 Å². The third kappa shape index (κ3) is 2.13. The monoisotopic (exact) mass is 266 g/mol. The fourth-order valence-corrected chi connectivity index (χ4v) is 2.84. The molecule has 3 nitrogen and oxygen atoms in total. The van der Waals surface area contributed by atoms with Gasteiger partial charge in [0.25, 0.3) is 0 Å². The zero-order valence-corrected chi connectivity index (χ0v) is 11.4. The smallest absolute Gasteiger partial charge is 0.228 e. The molecular weight excluding hydrogens is 248 g/mol. The van der Waals surface area contributed by atoms with Crippen molar-refractivity contribution in [1.29, 1.82) is 0 Å². The van der Waals surface area contributed by atoms with Gasteiger partial charge in [-0.25, -0.2) is 0 Å². The number of nitrogens with one attached hydrogen (secondary N) is 1. The van der Waals surface area contributed by atoms with Crippen molar-refractivity contribution in [2.45, 2.75) is 18.9 Å². The van der Waals surface area contributed by atoms with Gasteiger partial charge in [-0.3, -0.25) is 4.79 Å². The van der Waals surface area contributed by atoms with Crippen LogP contribution in [0.25, 0.3) is 0 Å². The van der Waals surface area contributed by atoms with Crippen molar-refractivity contribution < 1.29 is 4.79 Å². The van der Waals surface area contributed by atoms with E-state index in [2.05, 4.69) is 29.6 Å². The van der Waals surface area contributed by atoms with E-state index in [0.717, 1.165) is 25.9 Å². The highest BCUT2D eigenvalue weighted by atomic mass is 35.5. The normalized spacial score (nSPS) is 21.7. The van der Waals surface area contributed by atoms with E-state index >= 15 is 0 Å². The standard InChI is InChI=1S/C14H18N2O.ClH/c1-16(14(17)11-8-15-9-11)13-7-6-10-4-2-3-5-12(10)13;/h2-5,11,13,15H,6-9H2,1H3;1H. The number of hydrogen-bond donors (Lipinski definition) is 1. The first-order valence-electron chi connectivity index (χ1n) is 6.32. The molecule has 1 unspecified atom stereocenters. The minimum atomic E-state index is 0. The Morgan fingerprint density at radius 2 is 2.06 bits per heavy atom. The molecule has 2 aliphatic rings. The number of aryl methyl sites for hydroxylation is 1. The number of amides is 1. The number of benzene rings is 1. The molecule has 1 heterocycles. The summed E-state index contributed by atoms with van der Waals surface area (Å²) in [7, 11) is 1.95. The summed E-state index contributed by atoms with van der Waals surface area (Å²) in [6.45, 7) is 1.69. The van der Waals surface area contributed by atoms with Crippen LogP contribution in [0.15, 0.2) is 24.3 Å². The number of nitrogens with zero attached hydrogens (tertiary/aromatic N) is 1. The van der Waals surface area contributed by atoms with Crippen molar-refractivity contribution in [2.24, 2.45) is 5.92 Å². The molecular formula is C14H19ClN2O. The third-order valence-electron chi connectivity index (χ3n) is 4.05. The summed E-state index contributed by atoms with van der Waals surface area (Å²) in [5.74, 6) is 0.498. The molecule has 0 radical (unpaired) electrons. The first kappa shape index (κ1) is 13.4. The predicted molar refractivity (Wildman–Crippen MR) is 73.9 cm³/mol. The molecule has 1 fully saturated rings. The maximum absolute atomic E-state index is 12.2. The lowest BCUT2D eigenvalue weighted by Crippen LogP contribution is -2.51. The van der Waals surface area contributed by atoms with Gasteiger partial charge in [-0.15, -0.1) is 12.4 Å². The summed E-state index contributed by atoms with van der Waals surface area (Å²) in [5, 5.41) is 3.16. The lowest BCUT2D eigenvalue weighted by atomic mass is 9.99. The second-order valence-electron chi connectivity index (χ2n) is 5.06. The maximum atomic E-state index is 12.2. The van der Waals surface area contributed by atoms with Crippen LogP contribution in [0, 0.1) is 5.92 Å². The first-order valence-corrected chi connectivity index (χ1v) is 6.32. The quantitative estimate of drug-likeness (QED) is 0.885. The molecule has 1 saturated heterocycles. The largest absolute Gasteiger partial charge is 0.338 e. The van der Waals surface area contributed by atoms with E-state index in [0.29, 0.717) is 11.9 Å². The third-order valence-corrected chi connectivity index (χ3v) is 4.05. The maximum Gasteiger partial charge on any atom is 0.228 e. The van der Waals surface area contributed by atoms with E-state index in [1.807, 2.05) is 11.9 Å². The number of carbonyl (C=O) groups is 1. The second kappa shape index (κ2) is 5.29. The second-order valence-corrected chi connectivity index (χ2v) is 5.06. The Bertz CT molecular complexity index is 445. The SMILES string of the molecule is CN(C(=O)C1CNC1)C1CCc2ccccc21.Cl. The lowest BCUT2D eigenvalue weighted by molar-refractivity contribution is -0.138. The summed E-state index contributed by atoms with van der Waals surface area (Å²) < 4.78 is 0. The van der Waals surface area contributed by atoms with Crippen molar-refractivity contribution >= 4 is 18.3 Å². The highest BCUT2D eigenvalue weighted by Crippen LogP contribution is 2.35. The van der Waals surface area contributed by atoms with Gasteiger partial charge in [0.1, 0.15) is 0 Å². The Kier molecular flexibility index (Phi) is 3.93. The molecule has 1 aliphatic heterocycles. The van der Waals surface area contributed by atoms with Crippen LogP contribution in [-0.4, -0.2) is 30.9 Å². The molecule has 0 aromatic heterocycles. The Balaban J connectivity index is 0.00000120. The first-order chi connectivity index (χ1) is 8.27. The number of rotatable bonds is 2. The number of fused-ring (bicyclic) bond motifs is 1. The van der Waals surface area contributed by atoms with Crippen molar-refractivity contribution in [3.05, 3.63) is 35.4 Å². The summed E-state index contributed by atoms with van der Waals surface area (Å²) in [5.41, 5.74) is 2.75. The lowest BCUT2D eigenvalue weighted by Gasteiger charge is -2.33. The van der Waals surface area contributed by atoms with Gasteiger partial charge in [0.05, 0.1) is 12.0 Å².